The van der Waals surface area contributed by atoms with E-state index in [0.717, 1.165) is 0 Å². The Bertz CT molecular complexity index is 987. The first-order chi connectivity index (χ1) is 14.9. The molecule has 168 valence electrons. The first-order valence-corrected chi connectivity index (χ1v) is 10.0. The lowest BCUT2D eigenvalue weighted by molar-refractivity contribution is -0.170. The average molecular weight is 434 g/mol. The zero-order chi connectivity index (χ0) is 22.4. The molecular weight excluding hydrogens is 408 g/mol. The summed E-state index contributed by atoms with van der Waals surface area (Å²) in [6, 6.07) is 8.41. The standard InChI is InChI=1S/C21H26N2O8/c1-13-11-23(21(28)22-18(13)26)9-5-6-10-29-20-17(25)16(24)15(31-20)12-30-19(27)14-7-3-2-4-8-14/h2-4,7-8,11,15-17,20,24-25H,5-6,9-10,12H2,1H3,(H,22,26,28)/t15-,16-,17-,20-/m1/s1. The van der Waals surface area contributed by atoms with Gasteiger partial charge in [0.2, 0.25) is 0 Å². The van der Waals surface area contributed by atoms with Gasteiger partial charge < -0.3 is 29.0 Å². The van der Waals surface area contributed by atoms with Crippen LogP contribution in [0, 0.1) is 6.92 Å². The van der Waals surface area contributed by atoms with Crippen molar-refractivity contribution < 1.29 is 29.2 Å². The number of aliphatic hydroxyl groups is 2. The van der Waals surface area contributed by atoms with Gasteiger partial charge in [-0.3, -0.25) is 9.78 Å². The van der Waals surface area contributed by atoms with E-state index in [1.807, 2.05) is 0 Å². The summed E-state index contributed by atoms with van der Waals surface area (Å²) in [5.41, 5.74) is -0.0481. The highest BCUT2D eigenvalue weighted by Gasteiger charge is 2.44. The average Bonchev–Trinajstić information content (AvgIpc) is 3.03. The van der Waals surface area contributed by atoms with Crippen LogP contribution in [0.5, 0.6) is 0 Å². The van der Waals surface area contributed by atoms with E-state index in [4.69, 9.17) is 14.2 Å². The van der Waals surface area contributed by atoms with Crippen molar-refractivity contribution in [3.05, 3.63) is 68.5 Å². The van der Waals surface area contributed by atoms with Crippen LogP contribution in [-0.4, -0.2) is 63.5 Å². The fraction of sp³-hybridized carbons (Fsp3) is 0.476. The molecule has 1 aromatic carbocycles. The van der Waals surface area contributed by atoms with Crippen molar-refractivity contribution in [2.45, 2.75) is 50.9 Å². The van der Waals surface area contributed by atoms with Gasteiger partial charge in [0, 0.05) is 24.9 Å². The normalized spacial score (nSPS) is 23.1. The number of aliphatic hydroxyl groups excluding tert-OH is 2. The number of nitrogens with zero attached hydrogens (tertiary/aromatic N) is 1. The second kappa shape index (κ2) is 10.5. The highest BCUT2D eigenvalue weighted by molar-refractivity contribution is 5.89. The number of rotatable bonds is 9. The molecule has 10 nitrogen and oxygen atoms in total. The number of aromatic nitrogens is 2. The fourth-order valence-electron chi connectivity index (χ4n) is 3.17. The molecule has 0 radical (unpaired) electrons. The summed E-state index contributed by atoms with van der Waals surface area (Å²) >= 11 is 0. The Hall–Kier alpha value is -2.79. The van der Waals surface area contributed by atoms with Crippen molar-refractivity contribution in [2.75, 3.05) is 13.2 Å². The van der Waals surface area contributed by atoms with Crippen LogP contribution in [0.2, 0.25) is 0 Å². The highest BCUT2D eigenvalue weighted by Crippen LogP contribution is 2.23. The molecule has 0 bridgehead atoms. The minimum absolute atomic E-state index is 0.222. The topological polar surface area (TPSA) is 140 Å². The lowest BCUT2D eigenvalue weighted by Crippen LogP contribution is -2.35. The van der Waals surface area contributed by atoms with Gasteiger partial charge in [-0.05, 0) is 31.9 Å². The fourth-order valence-corrected chi connectivity index (χ4v) is 3.17. The van der Waals surface area contributed by atoms with Gasteiger partial charge in [-0.15, -0.1) is 0 Å². The van der Waals surface area contributed by atoms with Crippen molar-refractivity contribution >= 4 is 5.97 Å². The third-order valence-electron chi connectivity index (χ3n) is 4.97. The van der Waals surface area contributed by atoms with Gasteiger partial charge in [0.15, 0.2) is 6.29 Å². The van der Waals surface area contributed by atoms with Gasteiger partial charge in [-0.2, -0.15) is 0 Å². The van der Waals surface area contributed by atoms with Gasteiger partial charge in [-0.1, -0.05) is 18.2 Å². The lowest BCUT2D eigenvalue weighted by atomic mass is 10.1. The Kier molecular flexibility index (Phi) is 7.75. The minimum atomic E-state index is -1.27. The number of nitrogens with one attached hydrogen (secondary N) is 1. The van der Waals surface area contributed by atoms with Crippen LogP contribution in [0.3, 0.4) is 0 Å². The quantitative estimate of drug-likeness (QED) is 0.369. The maximum Gasteiger partial charge on any atom is 0.338 e. The number of benzene rings is 1. The molecule has 0 amide bonds. The van der Waals surface area contributed by atoms with Gasteiger partial charge in [0.25, 0.3) is 5.56 Å². The SMILES string of the molecule is Cc1cn(CCCCO[C@@H]2O[C@H](COC(=O)c3ccccc3)[C@@H](O)[C@H]2O)c(=O)[nH]c1=O. The lowest BCUT2D eigenvalue weighted by Gasteiger charge is -2.15. The van der Waals surface area contributed by atoms with E-state index in [2.05, 4.69) is 4.98 Å². The van der Waals surface area contributed by atoms with Crippen LogP contribution >= 0.6 is 0 Å². The molecule has 1 saturated heterocycles. The highest BCUT2D eigenvalue weighted by atomic mass is 16.7. The Morgan fingerprint density at radius 1 is 1.16 bits per heavy atom. The molecule has 0 unspecified atom stereocenters. The molecule has 3 rings (SSSR count). The van der Waals surface area contributed by atoms with Crippen molar-refractivity contribution in [3.63, 3.8) is 0 Å². The predicted molar refractivity (Wildman–Crippen MR) is 109 cm³/mol. The summed E-state index contributed by atoms with van der Waals surface area (Å²) in [6.45, 7) is 2.02. The second-order valence-corrected chi connectivity index (χ2v) is 7.33. The van der Waals surface area contributed by atoms with Crippen molar-refractivity contribution in [1.29, 1.82) is 0 Å². The Balaban J connectivity index is 1.40. The molecule has 0 spiro atoms. The number of hydrogen-bond acceptors (Lipinski definition) is 8. The van der Waals surface area contributed by atoms with Gasteiger partial charge in [0.05, 0.1) is 5.56 Å². The molecule has 4 atom stereocenters. The maximum atomic E-state index is 12.0. The summed E-state index contributed by atoms with van der Waals surface area (Å²) in [6.07, 6.45) is -1.83. The molecule has 31 heavy (non-hydrogen) atoms. The molecule has 1 aliphatic heterocycles. The zero-order valence-electron chi connectivity index (χ0n) is 17.1. The van der Waals surface area contributed by atoms with Crippen LogP contribution in [0.4, 0.5) is 0 Å². The molecule has 1 fully saturated rings. The van der Waals surface area contributed by atoms with E-state index in [9.17, 15) is 24.6 Å². The van der Waals surface area contributed by atoms with E-state index in [1.54, 1.807) is 37.3 Å². The van der Waals surface area contributed by atoms with Gasteiger partial charge in [-0.25, -0.2) is 9.59 Å². The number of unbranched alkanes of at least 4 members (excludes halogenated alkanes) is 1. The number of esters is 1. The molecule has 2 aromatic rings. The second-order valence-electron chi connectivity index (χ2n) is 7.33. The van der Waals surface area contributed by atoms with E-state index >= 15 is 0 Å². The number of H-pyrrole nitrogens is 1. The van der Waals surface area contributed by atoms with Crippen LogP contribution < -0.4 is 11.2 Å². The summed E-state index contributed by atoms with van der Waals surface area (Å²) in [4.78, 5) is 37.4. The minimum Gasteiger partial charge on any atom is -0.459 e. The third-order valence-corrected chi connectivity index (χ3v) is 4.97. The molecule has 1 aliphatic rings. The van der Waals surface area contributed by atoms with Crippen molar-refractivity contribution in [2.24, 2.45) is 0 Å². The van der Waals surface area contributed by atoms with Crippen molar-refractivity contribution in [1.82, 2.24) is 9.55 Å². The number of carbonyl (C=O) groups is 1. The summed E-state index contributed by atoms with van der Waals surface area (Å²) < 4.78 is 17.6. The predicted octanol–water partition coefficient (Wildman–Crippen LogP) is -0.0545. The number of hydrogen-bond donors (Lipinski definition) is 3. The van der Waals surface area contributed by atoms with E-state index in [-0.39, 0.29) is 13.2 Å². The smallest absolute Gasteiger partial charge is 0.338 e. The Morgan fingerprint density at radius 3 is 2.65 bits per heavy atom. The van der Waals surface area contributed by atoms with E-state index in [0.29, 0.717) is 30.5 Å². The zero-order valence-corrected chi connectivity index (χ0v) is 17.1. The van der Waals surface area contributed by atoms with E-state index in [1.165, 1.54) is 10.8 Å². The first kappa shape index (κ1) is 22.9. The molecule has 10 heteroatoms. The van der Waals surface area contributed by atoms with Gasteiger partial charge in [0.1, 0.15) is 24.9 Å². The summed E-state index contributed by atoms with van der Waals surface area (Å²) in [7, 11) is 0. The number of carbonyl (C=O) groups excluding carboxylic acids is 1. The Morgan fingerprint density at radius 2 is 1.90 bits per heavy atom. The summed E-state index contributed by atoms with van der Waals surface area (Å²) in [5.74, 6) is -0.553. The van der Waals surface area contributed by atoms with E-state index < -0.39 is 41.8 Å². The Labute approximate surface area is 178 Å². The summed E-state index contributed by atoms with van der Waals surface area (Å²) in [5, 5.41) is 20.2. The van der Waals surface area contributed by atoms with Crippen LogP contribution in [0.15, 0.2) is 46.1 Å². The van der Waals surface area contributed by atoms with Crippen LogP contribution in [-0.2, 0) is 20.8 Å². The molecule has 0 saturated carbocycles. The largest absolute Gasteiger partial charge is 0.459 e. The number of aryl methyl sites for hydroxylation is 2. The molecule has 3 N–H and O–H groups in total. The monoisotopic (exact) mass is 434 g/mol. The molecule has 2 heterocycles. The van der Waals surface area contributed by atoms with Gasteiger partial charge >= 0.3 is 11.7 Å². The third kappa shape index (κ3) is 5.88. The molecule has 0 aliphatic carbocycles. The number of aromatic amines is 1. The first-order valence-electron chi connectivity index (χ1n) is 10.0. The maximum absolute atomic E-state index is 12.0. The number of ether oxygens (including phenoxy) is 3. The molecular formula is C21H26N2O8. The molecule has 1 aromatic heterocycles. The van der Waals surface area contributed by atoms with Crippen molar-refractivity contribution in [3.8, 4) is 0 Å². The van der Waals surface area contributed by atoms with Crippen LogP contribution in [0.25, 0.3) is 0 Å². The van der Waals surface area contributed by atoms with Crippen LogP contribution in [0.1, 0.15) is 28.8 Å².